The van der Waals surface area contributed by atoms with Gasteiger partial charge in [0.15, 0.2) is 0 Å². The Balaban J connectivity index is 1.52. The van der Waals surface area contributed by atoms with Crippen molar-refractivity contribution in [2.45, 2.75) is 45.2 Å². The summed E-state index contributed by atoms with van der Waals surface area (Å²) in [6.07, 6.45) is 2.26. The molecule has 2 aromatic carbocycles. The monoisotopic (exact) mass is 377 g/mol. The first-order valence-corrected chi connectivity index (χ1v) is 10.0. The van der Waals surface area contributed by atoms with Crippen molar-refractivity contribution >= 4 is 17.0 Å². The van der Waals surface area contributed by atoms with Crippen molar-refractivity contribution < 1.29 is 9.90 Å². The molecule has 1 aliphatic heterocycles. The number of rotatable bonds is 5. The second kappa shape index (κ2) is 7.40. The molecular formula is C23H27N3O2. The second-order valence-corrected chi connectivity index (χ2v) is 7.98. The van der Waals surface area contributed by atoms with Gasteiger partial charge in [0, 0.05) is 6.54 Å². The average Bonchev–Trinajstić information content (AvgIpc) is 3.06. The molecular weight excluding hydrogens is 350 g/mol. The largest absolute Gasteiger partial charge is 0.478 e. The lowest BCUT2D eigenvalue weighted by molar-refractivity contribution is 0.0697. The molecule has 28 heavy (non-hydrogen) atoms. The van der Waals surface area contributed by atoms with Gasteiger partial charge in [0.25, 0.3) is 0 Å². The molecule has 1 aromatic heterocycles. The molecule has 1 aliphatic rings. The number of fused-ring (bicyclic) bond motifs is 1. The van der Waals surface area contributed by atoms with Crippen LogP contribution in [0.4, 0.5) is 0 Å². The fourth-order valence-corrected chi connectivity index (χ4v) is 4.32. The number of aromatic carboxylic acids is 1. The van der Waals surface area contributed by atoms with Crippen molar-refractivity contribution in [3.8, 4) is 0 Å². The molecule has 146 valence electrons. The fourth-order valence-electron chi connectivity index (χ4n) is 4.32. The van der Waals surface area contributed by atoms with E-state index >= 15 is 0 Å². The van der Waals surface area contributed by atoms with E-state index in [1.54, 1.807) is 12.1 Å². The van der Waals surface area contributed by atoms with E-state index in [4.69, 9.17) is 4.98 Å². The standard InChI is InChI=1S/C23H27N3O2/c1-3-26-20-10-9-17(22(27)28)15-19(20)24-21(26)16-25-13-11-23(2,12-14-25)18-7-5-4-6-8-18/h4-10,15H,3,11-14,16H2,1-2H3,(H,27,28). The van der Waals surface area contributed by atoms with Gasteiger partial charge in [0.05, 0.1) is 23.1 Å². The van der Waals surface area contributed by atoms with Crippen molar-refractivity contribution in [3.63, 3.8) is 0 Å². The van der Waals surface area contributed by atoms with E-state index in [2.05, 4.69) is 53.6 Å². The van der Waals surface area contributed by atoms with Crippen LogP contribution in [0.15, 0.2) is 48.5 Å². The minimum atomic E-state index is -0.911. The van der Waals surface area contributed by atoms with E-state index in [-0.39, 0.29) is 11.0 Å². The van der Waals surface area contributed by atoms with E-state index in [9.17, 15) is 9.90 Å². The molecule has 0 unspecified atom stereocenters. The van der Waals surface area contributed by atoms with Crippen molar-refractivity contribution in [1.82, 2.24) is 14.5 Å². The Morgan fingerprint density at radius 1 is 1.14 bits per heavy atom. The summed E-state index contributed by atoms with van der Waals surface area (Å²) in [6.45, 7) is 8.19. The summed E-state index contributed by atoms with van der Waals surface area (Å²) in [4.78, 5) is 18.5. The summed E-state index contributed by atoms with van der Waals surface area (Å²) in [7, 11) is 0. The zero-order valence-corrected chi connectivity index (χ0v) is 16.6. The highest BCUT2D eigenvalue weighted by Crippen LogP contribution is 2.35. The Morgan fingerprint density at radius 3 is 2.50 bits per heavy atom. The van der Waals surface area contributed by atoms with Gasteiger partial charge < -0.3 is 9.67 Å². The molecule has 0 aliphatic carbocycles. The Hall–Kier alpha value is -2.66. The Labute approximate surface area is 165 Å². The van der Waals surface area contributed by atoms with Crippen LogP contribution < -0.4 is 0 Å². The van der Waals surface area contributed by atoms with Gasteiger partial charge in [-0.1, -0.05) is 37.3 Å². The predicted molar refractivity (Wildman–Crippen MR) is 111 cm³/mol. The van der Waals surface area contributed by atoms with Gasteiger partial charge in [-0.05, 0) is 62.0 Å². The van der Waals surface area contributed by atoms with Gasteiger partial charge in [0.2, 0.25) is 0 Å². The van der Waals surface area contributed by atoms with Gasteiger partial charge >= 0.3 is 5.97 Å². The van der Waals surface area contributed by atoms with Crippen LogP contribution in [0.1, 0.15) is 48.4 Å². The number of aryl methyl sites for hydroxylation is 1. The summed E-state index contributed by atoms with van der Waals surface area (Å²) in [5.74, 6) is 0.106. The number of benzene rings is 2. The molecule has 0 amide bonds. The highest BCUT2D eigenvalue weighted by atomic mass is 16.4. The Bertz CT molecular complexity index is 986. The smallest absolute Gasteiger partial charge is 0.335 e. The highest BCUT2D eigenvalue weighted by molar-refractivity contribution is 5.92. The molecule has 0 atom stereocenters. The molecule has 3 aromatic rings. The van der Waals surface area contributed by atoms with E-state index < -0.39 is 5.97 Å². The summed E-state index contributed by atoms with van der Waals surface area (Å²) < 4.78 is 2.20. The lowest BCUT2D eigenvalue weighted by Gasteiger charge is -2.39. The number of hydrogen-bond acceptors (Lipinski definition) is 3. The maximum atomic E-state index is 11.3. The van der Waals surface area contributed by atoms with Gasteiger partial charge in [-0.2, -0.15) is 0 Å². The van der Waals surface area contributed by atoms with Crippen LogP contribution >= 0.6 is 0 Å². The van der Waals surface area contributed by atoms with E-state index in [1.165, 1.54) is 5.56 Å². The number of imidazole rings is 1. The minimum absolute atomic E-state index is 0.235. The molecule has 1 fully saturated rings. The zero-order valence-electron chi connectivity index (χ0n) is 16.6. The predicted octanol–water partition coefficient (Wildman–Crippen LogP) is 4.31. The number of carboxylic acid groups (broad SMARTS) is 1. The van der Waals surface area contributed by atoms with Crippen LogP contribution in [0, 0.1) is 0 Å². The van der Waals surface area contributed by atoms with Crippen molar-refractivity contribution in [2.75, 3.05) is 13.1 Å². The maximum Gasteiger partial charge on any atom is 0.335 e. The molecule has 0 spiro atoms. The number of aromatic nitrogens is 2. The second-order valence-electron chi connectivity index (χ2n) is 7.98. The lowest BCUT2D eigenvalue weighted by Crippen LogP contribution is -2.41. The highest BCUT2D eigenvalue weighted by Gasteiger charge is 2.32. The quantitative estimate of drug-likeness (QED) is 0.720. The first-order chi connectivity index (χ1) is 13.5. The fraction of sp³-hybridized carbons (Fsp3) is 0.391. The van der Waals surface area contributed by atoms with Gasteiger partial charge in [-0.25, -0.2) is 9.78 Å². The summed E-state index contributed by atoms with van der Waals surface area (Å²) in [5.41, 5.74) is 3.73. The van der Waals surface area contributed by atoms with Gasteiger partial charge in [0.1, 0.15) is 5.82 Å². The molecule has 2 heterocycles. The normalized spacial score (nSPS) is 17.1. The molecule has 5 heteroatoms. The molecule has 1 saturated heterocycles. The SMILES string of the molecule is CCn1c(CN2CCC(C)(c3ccccc3)CC2)nc2cc(C(=O)O)ccc21. The lowest BCUT2D eigenvalue weighted by atomic mass is 9.74. The van der Waals surface area contributed by atoms with Crippen LogP contribution in [0.5, 0.6) is 0 Å². The summed E-state index contributed by atoms with van der Waals surface area (Å²) in [5, 5.41) is 9.24. The average molecular weight is 377 g/mol. The summed E-state index contributed by atoms with van der Waals surface area (Å²) in [6, 6.07) is 16.0. The van der Waals surface area contributed by atoms with Crippen LogP contribution in [0.3, 0.4) is 0 Å². The van der Waals surface area contributed by atoms with E-state index in [0.717, 1.165) is 55.9 Å². The van der Waals surface area contributed by atoms with Crippen LogP contribution in [0.25, 0.3) is 11.0 Å². The van der Waals surface area contributed by atoms with Crippen molar-refractivity contribution in [1.29, 1.82) is 0 Å². The van der Waals surface area contributed by atoms with Crippen molar-refractivity contribution in [3.05, 3.63) is 65.5 Å². The number of nitrogens with zero attached hydrogens (tertiary/aromatic N) is 3. The van der Waals surface area contributed by atoms with Crippen LogP contribution in [-0.4, -0.2) is 38.6 Å². The van der Waals surface area contributed by atoms with Gasteiger partial charge in [-0.3, -0.25) is 4.90 Å². The third-order valence-corrected chi connectivity index (χ3v) is 6.19. The van der Waals surface area contributed by atoms with E-state index in [0.29, 0.717) is 0 Å². The zero-order chi connectivity index (χ0) is 19.7. The van der Waals surface area contributed by atoms with Gasteiger partial charge in [-0.15, -0.1) is 0 Å². The van der Waals surface area contributed by atoms with Crippen LogP contribution in [0.2, 0.25) is 0 Å². The summed E-state index contributed by atoms with van der Waals surface area (Å²) >= 11 is 0. The number of piperidine rings is 1. The first kappa shape index (κ1) is 18.7. The van der Waals surface area contributed by atoms with Crippen LogP contribution in [-0.2, 0) is 18.5 Å². The topological polar surface area (TPSA) is 58.4 Å². The Morgan fingerprint density at radius 2 is 1.86 bits per heavy atom. The Kier molecular flexibility index (Phi) is 4.94. The van der Waals surface area contributed by atoms with E-state index in [1.807, 2.05) is 6.07 Å². The molecule has 4 rings (SSSR count). The third kappa shape index (κ3) is 3.42. The number of carbonyl (C=O) groups is 1. The molecule has 1 N–H and O–H groups in total. The minimum Gasteiger partial charge on any atom is -0.478 e. The third-order valence-electron chi connectivity index (χ3n) is 6.19. The van der Waals surface area contributed by atoms with Crippen molar-refractivity contribution in [2.24, 2.45) is 0 Å². The first-order valence-electron chi connectivity index (χ1n) is 10.0. The molecule has 5 nitrogen and oxygen atoms in total. The molecule has 0 bridgehead atoms. The molecule has 0 radical (unpaired) electrons. The number of hydrogen-bond donors (Lipinski definition) is 1. The number of carboxylic acids is 1. The number of likely N-dealkylation sites (tertiary alicyclic amines) is 1. The maximum absolute atomic E-state index is 11.3. The molecule has 0 saturated carbocycles.